The van der Waals surface area contributed by atoms with Gasteiger partial charge in [-0.05, 0) is 218 Å². The van der Waals surface area contributed by atoms with Crippen LogP contribution in [0.3, 0.4) is 0 Å². The molecule has 130 heavy (non-hydrogen) atoms. The zero-order valence-electron chi connectivity index (χ0n) is 70.6. The number of benzene rings is 23. The van der Waals surface area contributed by atoms with Crippen LogP contribution in [0.4, 0.5) is 0 Å². The predicted octanol–water partition coefficient (Wildman–Crippen LogP) is 34.0. The molecule has 604 valence electrons. The van der Waals surface area contributed by atoms with E-state index >= 15 is 0 Å². The minimum atomic E-state index is 1.16. The van der Waals surface area contributed by atoms with Crippen LogP contribution in [0.25, 0.3) is 268 Å². The van der Waals surface area contributed by atoms with Gasteiger partial charge in [-0.3, -0.25) is 0 Å². The molecule has 6 heteroatoms. The fourth-order valence-electron chi connectivity index (χ4n) is 22.2. The topological polar surface area (TPSA) is 62.2 Å². The van der Waals surface area contributed by atoms with E-state index in [1.54, 1.807) is 0 Å². The van der Waals surface area contributed by atoms with Crippen molar-refractivity contribution in [1.82, 2.24) is 28.7 Å². The molecule has 29 rings (SSSR count). The van der Waals surface area contributed by atoms with Gasteiger partial charge in [0.15, 0.2) is 0 Å². The number of nitrogens with zero attached hydrogens (tertiary/aromatic N) is 3. The van der Waals surface area contributed by atoms with Crippen molar-refractivity contribution in [3.63, 3.8) is 0 Å². The van der Waals surface area contributed by atoms with Crippen LogP contribution >= 0.6 is 0 Å². The number of hydrogen-bond acceptors (Lipinski definition) is 0. The van der Waals surface area contributed by atoms with Crippen molar-refractivity contribution < 1.29 is 0 Å². The van der Waals surface area contributed by atoms with Gasteiger partial charge in [-0.15, -0.1) is 0 Å². The second-order valence-corrected chi connectivity index (χ2v) is 34.6. The molecule has 0 saturated carbocycles. The highest BCUT2D eigenvalue weighted by atomic mass is 15.0. The van der Waals surface area contributed by atoms with E-state index in [4.69, 9.17) is 0 Å². The van der Waals surface area contributed by atoms with Crippen LogP contribution in [0.15, 0.2) is 455 Å². The third kappa shape index (κ3) is 11.1. The van der Waals surface area contributed by atoms with E-state index < -0.39 is 0 Å². The van der Waals surface area contributed by atoms with Crippen LogP contribution in [-0.4, -0.2) is 28.7 Å². The van der Waals surface area contributed by atoms with Crippen molar-refractivity contribution >= 4 is 206 Å². The van der Waals surface area contributed by atoms with Gasteiger partial charge in [-0.25, -0.2) is 0 Å². The summed E-state index contributed by atoms with van der Waals surface area (Å²) in [6.45, 7) is 0. The molecule has 6 aromatic heterocycles. The van der Waals surface area contributed by atoms with Crippen LogP contribution in [0.2, 0.25) is 0 Å². The van der Waals surface area contributed by atoms with Crippen LogP contribution in [0.5, 0.6) is 0 Å². The molecule has 0 bridgehead atoms. The van der Waals surface area contributed by atoms with Gasteiger partial charge in [-0.2, -0.15) is 0 Å². The first-order valence-electron chi connectivity index (χ1n) is 44.9. The van der Waals surface area contributed by atoms with Gasteiger partial charge in [0.2, 0.25) is 0 Å². The van der Waals surface area contributed by atoms with Crippen LogP contribution < -0.4 is 0 Å². The molecule has 0 aliphatic rings. The second-order valence-electron chi connectivity index (χ2n) is 34.6. The summed E-state index contributed by atoms with van der Waals surface area (Å²) in [6, 6.07) is 166. The Balaban J connectivity index is 0.000000101. The molecule has 0 amide bonds. The molecule has 0 aliphatic heterocycles. The zero-order valence-corrected chi connectivity index (χ0v) is 70.6. The Labute approximate surface area is 746 Å². The molecule has 0 aliphatic carbocycles. The Hall–Kier alpha value is -17.3. The Bertz CT molecular complexity index is 9750. The average Bonchev–Trinajstić information content (AvgIpc) is 1.54. The minimum absolute atomic E-state index is 1.16. The molecule has 3 N–H and O–H groups in total. The maximum absolute atomic E-state index is 3.74. The van der Waals surface area contributed by atoms with Crippen molar-refractivity contribution in [3.05, 3.63) is 455 Å². The maximum Gasteiger partial charge on any atom is 0.0553 e. The Morgan fingerprint density at radius 2 is 0.392 bits per heavy atom. The summed E-state index contributed by atoms with van der Waals surface area (Å²) in [5, 5.41) is 33.1. The predicted molar refractivity (Wildman–Crippen MR) is 555 cm³/mol. The molecule has 23 aromatic carbocycles. The van der Waals surface area contributed by atoms with Crippen molar-refractivity contribution in [2.75, 3.05) is 0 Å². The first kappa shape index (κ1) is 73.1. The smallest absolute Gasteiger partial charge is 0.0553 e. The summed E-state index contributed by atoms with van der Waals surface area (Å²) in [7, 11) is 0. The lowest BCUT2D eigenvalue weighted by Crippen LogP contribution is -1.96. The Morgan fingerprint density at radius 1 is 0.138 bits per heavy atom. The summed E-state index contributed by atoms with van der Waals surface area (Å²) in [6.07, 6.45) is 0. The van der Waals surface area contributed by atoms with E-state index in [0.717, 1.165) is 11.2 Å². The third-order valence-electron chi connectivity index (χ3n) is 27.7. The first-order chi connectivity index (χ1) is 64.5. The molecule has 0 spiro atoms. The highest BCUT2D eigenvalue weighted by Crippen LogP contribution is 2.51. The van der Waals surface area contributed by atoms with Gasteiger partial charge < -0.3 is 28.7 Å². The normalized spacial score (nSPS) is 12.0. The van der Waals surface area contributed by atoms with E-state index in [2.05, 4.69) is 484 Å². The van der Waals surface area contributed by atoms with Crippen molar-refractivity contribution in [1.29, 1.82) is 0 Å². The highest BCUT2D eigenvalue weighted by molar-refractivity contribution is 6.33. The summed E-state index contributed by atoms with van der Waals surface area (Å²) < 4.78 is 7.34. The molecule has 29 aromatic rings. The Kier molecular flexibility index (Phi) is 16.4. The lowest BCUT2D eigenvalue weighted by atomic mass is 9.90. The van der Waals surface area contributed by atoms with Gasteiger partial charge >= 0.3 is 0 Å². The third-order valence-corrected chi connectivity index (χ3v) is 27.7. The van der Waals surface area contributed by atoms with Gasteiger partial charge in [0.1, 0.15) is 0 Å². The maximum atomic E-state index is 3.74. The van der Waals surface area contributed by atoms with Crippen molar-refractivity contribution in [2.24, 2.45) is 0 Å². The molecule has 0 saturated heterocycles. The number of nitrogens with one attached hydrogen (secondary N) is 3. The summed E-state index contributed by atoms with van der Waals surface area (Å²) in [5.41, 5.74) is 27.7. The molecular formula is C124H78N6. The molecule has 0 fully saturated rings. The lowest BCUT2D eigenvalue weighted by Gasteiger charge is -2.15. The first-order valence-corrected chi connectivity index (χ1v) is 44.9. The van der Waals surface area contributed by atoms with E-state index in [-0.39, 0.29) is 0 Å². The van der Waals surface area contributed by atoms with Crippen LogP contribution in [0, 0.1) is 0 Å². The minimum Gasteiger partial charge on any atom is -0.354 e. The lowest BCUT2D eigenvalue weighted by molar-refractivity contribution is 1.18. The SMILES string of the molecule is c1ccc(-c2ccc(-n3c4ccccc4c4c5ccccc5c(-c5cc6[nH]c7ccccc7c6c6ccccc56)cc43)cc2)cc1.c1ccc(-n2c3ccccc3c3c4ccccc4c(-c4cc5[nH]c6ccccc6c5c5ccccc45)cc32)cc1.c1ccc2c(-n3c4ccccc4c4c5ccccc5c(-c5cc6[nH]c7ccccc7c6c6ccccc56)cc43)cccc2c1. The van der Waals surface area contributed by atoms with E-state index in [1.165, 1.54) is 257 Å². The monoisotopic (exact) mass is 1650 g/mol. The molecule has 0 unspecified atom stereocenters. The molecule has 0 atom stereocenters. The van der Waals surface area contributed by atoms with Crippen LogP contribution in [-0.2, 0) is 0 Å². The number of hydrogen-bond donors (Lipinski definition) is 3. The number of fused-ring (bicyclic) bond motifs is 31. The summed E-state index contributed by atoms with van der Waals surface area (Å²) in [5.74, 6) is 0. The molecule has 0 radical (unpaired) electrons. The fourth-order valence-corrected chi connectivity index (χ4v) is 22.2. The van der Waals surface area contributed by atoms with Gasteiger partial charge in [-0.1, -0.05) is 352 Å². The Morgan fingerprint density at radius 3 is 0.769 bits per heavy atom. The standard InChI is InChI=1S/C44H28N2.C42H26N2.C38H24N2/c1-2-12-28(13-3-1)29-22-24-30(25-23-29)46-41-21-11-9-19-36(41)44-34-17-7-5-15-32(34)38(27-42(44)46)37-26-40-43(33-16-6-4-14-31(33)37)35-18-8-10-20-39(35)45-40;1-2-14-27-26(12-1)13-11-23-38(27)44-39-22-10-8-20-33(39)42-31-18-6-4-16-29(31)35(25-40(42)44)34-24-37-41(30-17-5-3-15-28(30)34)32-19-7-9-21-36(32)43-37;1-2-12-24(13-3-1)40-35-21-11-9-19-30(35)38-28-17-7-5-15-26(28)32(23-36(38)40)31-22-34-37(27-16-6-4-14-25(27)31)29-18-8-10-20-33(29)39-34/h1-27,45H;1-25,43H;1-23,39H. The molecule has 6 heterocycles. The zero-order chi connectivity index (χ0) is 85.2. The van der Waals surface area contributed by atoms with Gasteiger partial charge in [0.25, 0.3) is 0 Å². The summed E-state index contributed by atoms with van der Waals surface area (Å²) >= 11 is 0. The fraction of sp³-hybridized carbons (Fsp3) is 0. The van der Waals surface area contributed by atoms with Crippen molar-refractivity contribution in [2.45, 2.75) is 0 Å². The van der Waals surface area contributed by atoms with Gasteiger partial charge in [0, 0.05) is 114 Å². The molecule has 6 nitrogen and oxygen atoms in total. The van der Waals surface area contributed by atoms with E-state index in [9.17, 15) is 0 Å². The van der Waals surface area contributed by atoms with Gasteiger partial charge in [0.05, 0.1) is 38.8 Å². The number of H-pyrrole nitrogens is 3. The van der Waals surface area contributed by atoms with Crippen LogP contribution in [0.1, 0.15) is 0 Å². The number of aromatic amines is 3. The number of rotatable bonds is 7. The van der Waals surface area contributed by atoms with E-state index in [1.807, 2.05) is 0 Å². The number of para-hydroxylation sites is 7. The average molecular weight is 1650 g/mol. The largest absolute Gasteiger partial charge is 0.354 e. The highest BCUT2D eigenvalue weighted by Gasteiger charge is 2.26. The molecular weight excluding hydrogens is 1570 g/mol. The summed E-state index contributed by atoms with van der Waals surface area (Å²) in [4.78, 5) is 11.2. The quantitative estimate of drug-likeness (QED) is 0.142. The second kappa shape index (κ2) is 29.1. The number of aromatic nitrogens is 6. The van der Waals surface area contributed by atoms with E-state index in [0.29, 0.717) is 0 Å². The van der Waals surface area contributed by atoms with Crippen molar-refractivity contribution in [3.8, 4) is 61.6 Å².